The van der Waals surface area contributed by atoms with Gasteiger partial charge in [-0.3, -0.25) is 9.05 Å². The number of hydrogen-bond acceptors (Lipinski definition) is 6. The molecule has 0 saturated heterocycles. The number of quaternary nitrogens is 1. The van der Waals surface area contributed by atoms with Gasteiger partial charge in [0.15, 0.2) is 0 Å². The third-order valence-electron chi connectivity index (χ3n) is 6.46. The summed E-state index contributed by atoms with van der Waals surface area (Å²) in [5.41, 5.74) is 0. The molecule has 0 aliphatic heterocycles. The summed E-state index contributed by atoms with van der Waals surface area (Å²) >= 11 is 0. The van der Waals surface area contributed by atoms with Crippen molar-refractivity contribution in [2.24, 2.45) is 0 Å². The third kappa shape index (κ3) is 28.7. The second-order valence-electron chi connectivity index (χ2n) is 11.4. The number of carbonyl (C=O) groups excluding carboxylic acids is 1. The molecule has 0 heterocycles. The van der Waals surface area contributed by atoms with E-state index in [0.29, 0.717) is 37.3 Å². The standard InChI is InChI=1S/C29H60NO7P/c1-5-6-7-8-9-10-11-12-13-14-15-16-17-20-24-34-27-29(35-25-21-18-19-23-31)28-37-38(32,33)36-26-22-30(2,3)4/h23,29H,5-22,24-28H2,1-4H3/p+1/t29-/m0/s1. The summed E-state index contributed by atoms with van der Waals surface area (Å²) in [5, 5.41) is 0. The van der Waals surface area contributed by atoms with Crippen LogP contribution in [0.25, 0.3) is 0 Å². The van der Waals surface area contributed by atoms with E-state index in [1.54, 1.807) is 0 Å². The first-order chi connectivity index (χ1) is 18.2. The Morgan fingerprint density at radius 2 is 1.24 bits per heavy atom. The Labute approximate surface area is 234 Å². The lowest BCUT2D eigenvalue weighted by atomic mass is 10.0. The van der Waals surface area contributed by atoms with Gasteiger partial charge in [0.1, 0.15) is 25.5 Å². The van der Waals surface area contributed by atoms with Crippen LogP contribution in [-0.2, 0) is 27.9 Å². The van der Waals surface area contributed by atoms with Crippen LogP contribution in [0.4, 0.5) is 0 Å². The van der Waals surface area contributed by atoms with Crippen LogP contribution >= 0.6 is 7.82 Å². The van der Waals surface area contributed by atoms with Gasteiger partial charge in [-0.1, -0.05) is 90.4 Å². The van der Waals surface area contributed by atoms with E-state index in [-0.39, 0.29) is 13.2 Å². The lowest BCUT2D eigenvalue weighted by Crippen LogP contribution is -2.37. The highest BCUT2D eigenvalue weighted by molar-refractivity contribution is 7.47. The van der Waals surface area contributed by atoms with Crippen LogP contribution in [0, 0.1) is 0 Å². The van der Waals surface area contributed by atoms with Crippen molar-refractivity contribution in [3.63, 3.8) is 0 Å². The van der Waals surface area contributed by atoms with Gasteiger partial charge in [-0.15, -0.1) is 0 Å². The van der Waals surface area contributed by atoms with Crippen LogP contribution < -0.4 is 0 Å². The molecule has 0 rings (SSSR count). The smallest absolute Gasteiger partial charge is 0.379 e. The maximum atomic E-state index is 12.2. The molecule has 1 N–H and O–H groups in total. The first-order valence-electron chi connectivity index (χ1n) is 15.3. The van der Waals surface area contributed by atoms with Gasteiger partial charge < -0.3 is 23.6 Å². The molecule has 38 heavy (non-hydrogen) atoms. The van der Waals surface area contributed by atoms with Crippen LogP contribution in [0.3, 0.4) is 0 Å². The number of phosphoric ester groups is 1. The topological polar surface area (TPSA) is 91.3 Å². The van der Waals surface area contributed by atoms with E-state index in [1.165, 1.54) is 77.0 Å². The molecule has 0 aromatic heterocycles. The average molecular weight is 567 g/mol. The Balaban J connectivity index is 3.96. The van der Waals surface area contributed by atoms with Gasteiger partial charge in [-0.05, 0) is 19.3 Å². The summed E-state index contributed by atoms with van der Waals surface area (Å²) in [6.07, 6.45) is 20.9. The quantitative estimate of drug-likeness (QED) is 0.0430. The lowest BCUT2D eigenvalue weighted by Gasteiger charge is -2.24. The van der Waals surface area contributed by atoms with Gasteiger partial charge in [-0.25, -0.2) is 4.57 Å². The van der Waals surface area contributed by atoms with Crippen LogP contribution in [0.5, 0.6) is 0 Å². The van der Waals surface area contributed by atoms with Crippen LogP contribution in [0.1, 0.15) is 116 Å². The number of ether oxygens (including phenoxy) is 2. The summed E-state index contributed by atoms with van der Waals surface area (Å²) in [6.45, 7) is 4.29. The molecule has 1 unspecified atom stereocenters. The van der Waals surface area contributed by atoms with E-state index in [0.717, 1.165) is 32.0 Å². The maximum Gasteiger partial charge on any atom is 0.472 e. The molecule has 0 amide bonds. The van der Waals surface area contributed by atoms with Crippen molar-refractivity contribution in [1.82, 2.24) is 0 Å². The molecule has 2 atom stereocenters. The molecular formula is C29H61NO7P+. The highest BCUT2D eigenvalue weighted by atomic mass is 31.2. The lowest BCUT2D eigenvalue weighted by molar-refractivity contribution is -0.870. The minimum atomic E-state index is -4.15. The van der Waals surface area contributed by atoms with Gasteiger partial charge >= 0.3 is 7.82 Å². The van der Waals surface area contributed by atoms with Gasteiger partial charge in [0, 0.05) is 19.6 Å². The summed E-state index contributed by atoms with van der Waals surface area (Å²) in [6, 6.07) is 0. The molecule has 0 aliphatic rings. The average Bonchev–Trinajstić information content (AvgIpc) is 2.85. The van der Waals surface area contributed by atoms with Gasteiger partial charge in [0.05, 0.1) is 34.4 Å². The molecule has 8 nitrogen and oxygen atoms in total. The molecule has 0 radical (unpaired) electrons. The molecule has 0 saturated carbocycles. The Morgan fingerprint density at radius 3 is 1.76 bits per heavy atom. The molecule has 0 aromatic rings. The largest absolute Gasteiger partial charge is 0.472 e. The number of hydrogen-bond donors (Lipinski definition) is 1. The van der Waals surface area contributed by atoms with Crippen molar-refractivity contribution < 1.29 is 37.3 Å². The number of rotatable bonds is 30. The second-order valence-corrected chi connectivity index (χ2v) is 12.9. The minimum absolute atomic E-state index is 0.0788. The number of unbranched alkanes of at least 4 members (excludes halogenated alkanes) is 15. The molecule has 0 bridgehead atoms. The molecule has 0 spiro atoms. The minimum Gasteiger partial charge on any atom is -0.379 e. The molecule has 0 fully saturated rings. The van der Waals surface area contributed by atoms with Crippen molar-refractivity contribution in [2.75, 3.05) is 60.7 Å². The molecule has 0 aliphatic carbocycles. The van der Waals surface area contributed by atoms with Crippen molar-refractivity contribution in [1.29, 1.82) is 0 Å². The van der Waals surface area contributed by atoms with E-state index >= 15 is 0 Å². The predicted octanol–water partition coefficient (Wildman–Crippen LogP) is 7.08. The fourth-order valence-corrected chi connectivity index (χ4v) is 4.72. The Hall–Kier alpha value is -0.340. The van der Waals surface area contributed by atoms with Gasteiger partial charge in [-0.2, -0.15) is 0 Å². The predicted molar refractivity (Wildman–Crippen MR) is 155 cm³/mol. The summed E-state index contributed by atoms with van der Waals surface area (Å²) < 4.78 is 34.7. The summed E-state index contributed by atoms with van der Waals surface area (Å²) in [4.78, 5) is 20.5. The van der Waals surface area contributed by atoms with E-state index in [9.17, 15) is 14.3 Å². The molecule has 0 aromatic carbocycles. The van der Waals surface area contributed by atoms with Crippen molar-refractivity contribution in [3.8, 4) is 0 Å². The number of phosphoric acid groups is 1. The number of carbonyl (C=O) groups is 1. The Kier molecular flexibility index (Phi) is 25.4. The summed E-state index contributed by atoms with van der Waals surface area (Å²) in [7, 11) is 1.80. The van der Waals surface area contributed by atoms with E-state index in [1.807, 2.05) is 21.1 Å². The monoisotopic (exact) mass is 566 g/mol. The van der Waals surface area contributed by atoms with Crippen LogP contribution in [-0.4, -0.2) is 82.5 Å². The SMILES string of the molecule is CCCCCCCCCCCCCCCCOC[C@@H](COP(=O)(O)OCC[N+](C)(C)C)OCCCCC=O. The summed E-state index contributed by atoms with van der Waals surface area (Å²) in [5.74, 6) is 0. The number of likely N-dealkylation sites (N-methyl/N-ethyl adjacent to an activating group) is 1. The fourth-order valence-electron chi connectivity index (χ4n) is 3.98. The zero-order chi connectivity index (χ0) is 28.4. The molecule has 228 valence electrons. The van der Waals surface area contributed by atoms with Crippen molar-refractivity contribution in [3.05, 3.63) is 0 Å². The normalized spacial score (nSPS) is 14.4. The molecule has 9 heteroatoms. The fraction of sp³-hybridized carbons (Fsp3) is 0.966. The van der Waals surface area contributed by atoms with E-state index in [4.69, 9.17) is 18.5 Å². The first kappa shape index (κ1) is 37.7. The highest BCUT2D eigenvalue weighted by Crippen LogP contribution is 2.43. The highest BCUT2D eigenvalue weighted by Gasteiger charge is 2.25. The first-order valence-corrected chi connectivity index (χ1v) is 16.7. The van der Waals surface area contributed by atoms with Crippen LogP contribution in [0.15, 0.2) is 0 Å². The molecular weight excluding hydrogens is 505 g/mol. The third-order valence-corrected chi connectivity index (χ3v) is 7.44. The zero-order valence-corrected chi connectivity index (χ0v) is 26.1. The Morgan fingerprint density at radius 1 is 0.711 bits per heavy atom. The number of nitrogens with zero attached hydrogens (tertiary/aromatic N) is 1. The number of aldehydes is 1. The van der Waals surface area contributed by atoms with Crippen molar-refractivity contribution >= 4 is 14.1 Å². The maximum absolute atomic E-state index is 12.2. The van der Waals surface area contributed by atoms with Gasteiger partial charge in [0.25, 0.3) is 0 Å². The van der Waals surface area contributed by atoms with Crippen molar-refractivity contribution in [2.45, 2.75) is 122 Å². The Bertz CT molecular complexity index is 572. The van der Waals surface area contributed by atoms with E-state index in [2.05, 4.69) is 6.92 Å². The van der Waals surface area contributed by atoms with Gasteiger partial charge in [0.2, 0.25) is 0 Å². The second kappa shape index (κ2) is 25.6. The van der Waals surface area contributed by atoms with E-state index < -0.39 is 13.9 Å². The zero-order valence-electron chi connectivity index (χ0n) is 25.2. The van der Waals surface area contributed by atoms with Crippen LogP contribution in [0.2, 0.25) is 0 Å².